The Balaban J connectivity index is 1.74. The maximum absolute atomic E-state index is 3.97. The number of piperazine rings is 1. The topological polar surface area (TPSA) is 15.3 Å². The van der Waals surface area contributed by atoms with E-state index in [9.17, 15) is 0 Å². The molecule has 0 aromatic rings. The van der Waals surface area contributed by atoms with Gasteiger partial charge in [-0.2, -0.15) is 11.8 Å². The summed E-state index contributed by atoms with van der Waals surface area (Å²) in [6.07, 6.45) is 15.1. The van der Waals surface area contributed by atoms with Gasteiger partial charge in [0.2, 0.25) is 0 Å². The van der Waals surface area contributed by atoms with E-state index in [0.717, 1.165) is 17.3 Å². The molecule has 3 unspecified atom stereocenters. The van der Waals surface area contributed by atoms with Gasteiger partial charge in [0.1, 0.15) is 0 Å². The van der Waals surface area contributed by atoms with Crippen LogP contribution in [0, 0.1) is 0 Å². The standard InChI is InChI=1S/C17H32N2S/c1-3-14-12-18-17(10-5-4-6-11-17)13-19(14)15-8-7-9-16(15)20-2/h14-16,18H,3-13H2,1-2H3. The van der Waals surface area contributed by atoms with Crippen molar-refractivity contribution in [2.24, 2.45) is 0 Å². The number of nitrogens with zero attached hydrogens (tertiary/aromatic N) is 1. The zero-order valence-electron chi connectivity index (χ0n) is 13.4. The lowest BCUT2D eigenvalue weighted by molar-refractivity contribution is 0.0257. The zero-order chi connectivity index (χ0) is 14.0. The van der Waals surface area contributed by atoms with Crippen molar-refractivity contribution in [2.45, 2.75) is 87.6 Å². The molecule has 0 radical (unpaired) electrons. The van der Waals surface area contributed by atoms with Gasteiger partial charge in [0, 0.05) is 36.0 Å². The highest BCUT2D eigenvalue weighted by atomic mass is 32.2. The monoisotopic (exact) mass is 296 g/mol. The molecule has 3 aliphatic rings. The fourth-order valence-electron chi connectivity index (χ4n) is 4.88. The van der Waals surface area contributed by atoms with Gasteiger partial charge in [0.25, 0.3) is 0 Å². The maximum Gasteiger partial charge on any atom is 0.0309 e. The van der Waals surface area contributed by atoms with E-state index >= 15 is 0 Å². The molecule has 3 atom stereocenters. The second-order valence-electron chi connectivity index (χ2n) is 7.23. The Hall–Kier alpha value is 0.270. The highest BCUT2D eigenvalue weighted by Crippen LogP contribution is 2.38. The summed E-state index contributed by atoms with van der Waals surface area (Å²) in [7, 11) is 0. The molecule has 20 heavy (non-hydrogen) atoms. The maximum atomic E-state index is 3.97. The Morgan fingerprint density at radius 1 is 1.15 bits per heavy atom. The third-order valence-corrected chi connectivity index (χ3v) is 7.25. The summed E-state index contributed by atoms with van der Waals surface area (Å²) in [6, 6.07) is 1.64. The molecule has 3 heteroatoms. The van der Waals surface area contributed by atoms with Gasteiger partial charge in [-0.3, -0.25) is 4.90 Å². The molecule has 2 nitrogen and oxygen atoms in total. The number of rotatable bonds is 3. The van der Waals surface area contributed by atoms with Crippen molar-refractivity contribution in [3.63, 3.8) is 0 Å². The molecule has 0 aromatic heterocycles. The van der Waals surface area contributed by atoms with Crippen LogP contribution >= 0.6 is 11.8 Å². The molecule has 3 rings (SSSR count). The highest BCUT2D eigenvalue weighted by Gasteiger charge is 2.44. The third kappa shape index (κ3) is 2.91. The van der Waals surface area contributed by atoms with Crippen molar-refractivity contribution in [3.8, 4) is 0 Å². The average Bonchev–Trinajstić information content (AvgIpc) is 2.96. The smallest absolute Gasteiger partial charge is 0.0309 e. The van der Waals surface area contributed by atoms with Crippen molar-refractivity contribution in [1.82, 2.24) is 10.2 Å². The molecule has 0 aromatic carbocycles. The van der Waals surface area contributed by atoms with Crippen LogP contribution in [-0.2, 0) is 0 Å². The first-order valence-corrected chi connectivity index (χ1v) is 10.1. The minimum absolute atomic E-state index is 0.468. The van der Waals surface area contributed by atoms with Crippen molar-refractivity contribution >= 4 is 11.8 Å². The van der Waals surface area contributed by atoms with Gasteiger partial charge < -0.3 is 5.32 Å². The summed E-state index contributed by atoms with van der Waals surface area (Å²) >= 11 is 2.12. The first kappa shape index (κ1) is 15.2. The number of thioether (sulfide) groups is 1. The van der Waals surface area contributed by atoms with E-state index in [1.54, 1.807) is 0 Å². The molecule has 3 fully saturated rings. The van der Waals surface area contributed by atoms with Crippen molar-refractivity contribution in [1.29, 1.82) is 0 Å². The van der Waals surface area contributed by atoms with Gasteiger partial charge in [-0.1, -0.05) is 32.6 Å². The minimum atomic E-state index is 0.468. The Bertz CT molecular complexity index is 314. The molecule has 1 N–H and O–H groups in total. The molecule has 1 heterocycles. The number of hydrogen-bond donors (Lipinski definition) is 1. The Morgan fingerprint density at radius 2 is 1.95 bits per heavy atom. The van der Waals surface area contributed by atoms with Crippen LogP contribution in [0.25, 0.3) is 0 Å². The molecule has 1 spiro atoms. The second kappa shape index (κ2) is 6.58. The second-order valence-corrected chi connectivity index (χ2v) is 8.31. The van der Waals surface area contributed by atoms with Crippen molar-refractivity contribution < 1.29 is 0 Å². The molecule has 0 amide bonds. The van der Waals surface area contributed by atoms with E-state index in [-0.39, 0.29) is 0 Å². The molecular formula is C17H32N2S. The van der Waals surface area contributed by atoms with Gasteiger partial charge in [0.15, 0.2) is 0 Å². The molecule has 2 aliphatic carbocycles. The van der Waals surface area contributed by atoms with Gasteiger partial charge in [-0.25, -0.2) is 0 Å². The average molecular weight is 297 g/mol. The van der Waals surface area contributed by atoms with E-state index in [4.69, 9.17) is 0 Å². The lowest BCUT2D eigenvalue weighted by Crippen LogP contribution is -2.67. The normalized spacial score (nSPS) is 38.4. The quantitative estimate of drug-likeness (QED) is 0.855. The predicted molar refractivity (Wildman–Crippen MR) is 89.5 cm³/mol. The Kier molecular flexibility index (Phi) is 4.99. The van der Waals surface area contributed by atoms with Crippen molar-refractivity contribution in [3.05, 3.63) is 0 Å². The molecule has 1 aliphatic heterocycles. The summed E-state index contributed by atoms with van der Waals surface area (Å²) in [5.41, 5.74) is 0.468. The van der Waals surface area contributed by atoms with Crippen molar-refractivity contribution in [2.75, 3.05) is 19.3 Å². The molecular weight excluding hydrogens is 264 g/mol. The van der Waals surface area contributed by atoms with Crippen LogP contribution in [0.2, 0.25) is 0 Å². The highest BCUT2D eigenvalue weighted by molar-refractivity contribution is 7.99. The minimum Gasteiger partial charge on any atom is -0.308 e. The summed E-state index contributed by atoms with van der Waals surface area (Å²) in [5.74, 6) is 0. The van der Waals surface area contributed by atoms with Crippen LogP contribution in [0.5, 0.6) is 0 Å². The first-order valence-electron chi connectivity index (χ1n) is 8.81. The summed E-state index contributed by atoms with van der Waals surface area (Å²) in [6.45, 7) is 4.93. The fourth-order valence-corrected chi connectivity index (χ4v) is 5.89. The van der Waals surface area contributed by atoms with E-state index < -0.39 is 0 Å². The van der Waals surface area contributed by atoms with Gasteiger partial charge in [0.05, 0.1) is 0 Å². The van der Waals surface area contributed by atoms with E-state index in [2.05, 4.69) is 35.2 Å². The molecule has 0 bridgehead atoms. The van der Waals surface area contributed by atoms with Gasteiger partial charge in [-0.05, 0) is 38.4 Å². The molecule has 1 saturated heterocycles. The SMILES string of the molecule is CCC1CNC2(CCCCC2)CN1C1CCCC1SC. The number of nitrogens with one attached hydrogen (secondary N) is 1. The van der Waals surface area contributed by atoms with Crippen LogP contribution in [0.15, 0.2) is 0 Å². The largest absolute Gasteiger partial charge is 0.308 e. The number of hydrogen-bond acceptors (Lipinski definition) is 3. The van der Waals surface area contributed by atoms with Gasteiger partial charge >= 0.3 is 0 Å². The van der Waals surface area contributed by atoms with E-state index in [1.165, 1.54) is 70.9 Å². The van der Waals surface area contributed by atoms with E-state index in [1.807, 2.05) is 0 Å². The summed E-state index contributed by atoms with van der Waals surface area (Å²) in [4.78, 5) is 2.94. The zero-order valence-corrected chi connectivity index (χ0v) is 14.2. The summed E-state index contributed by atoms with van der Waals surface area (Å²) < 4.78 is 0. The Labute approximate surface area is 129 Å². The van der Waals surface area contributed by atoms with Crippen LogP contribution in [0.1, 0.15) is 64.7 Å². The predicted octanol–water partition coefficient (Wildman–Crippen LogP) is 3.66. The van der Waals surface area contributed by atoms with Crippen LogP contribution in [0.4, 0.5) is 0 Å². The fraction of sp³-hybridized carbons (Fsp3) is 1.00. The lowest BCUT2D eigenvalue weighted by Gasteiger charge is -2.52. The third-order valence-electron chi connectivity index (χ3n) is 6.10. The van der Waals surface area contributed by atoms with Crippen LogP contribution in [0.3, 0.4) is 0 Å². The Morgan fingerprint density at radius 3 is 2.65 bits per heavy atom. The first-order chi connectivity index (χ1) is 9.78. The molecule has 116 valence electrons. The van der Waals surface area contributed by atoms with Gasteiger partial charge in [-0.15, -0.1) is 0 Å². The van der Waals surface area contributed by atoms with Crippen LogP contribution < -0.4 is 5.32 Å². The van der Waals surface area contributed by atoms with Crippen LogP contribution in [-0.4, -0.2) is 47.1 Å². The van der Waals surface area contributed by atoms with E-state index in [0.29, 0.717) is 5.54 Å². The lowest BCUT2D eigenvalue weighted by atomic mass is 9.78. The summed E-state index contributed by atoms with van der Waals surface area (Å²) in [5, 5.41) is 4.86. The molecule has 2 saturated carbocycles.